The monoisotopic (exact) mass is 579 g/mol. The number of aliphatic hydroxyl groups is 1. The molecule has 3 aliphatic rings. The van der Waals surface area contributed by atoms with Crippen molar-refractivity contribution in [2.75, 3.05) is 19.6 Å². The Morgan fingerprint density at radius 2 is 1.77 bits per heavy atom. The van der Waals surface area contributed by atoms with Crippen LogP contribution in [0.3, 0.4) is 0 Å². The van der Waals surface area contributed by atoms with Gasteiger partial charge in [0.05, 0.1) is 29.1 Å². The first-order chi connectivity index (χ1) is 20.9. The summed E-state index contributed by atoms with van der Waals surface area (Å²) >= 11 is 0. The van der Waals surface area contributed by atoms with E-state index in [9.17, 15) is 19.5 Å². The number of nitrogens with zero attached hydrogens (tertiary/aromatic N) is 6. The summed E-state index contributed by atoms with van der Waals surface area (Å²) in [6.45, 7) is 3.75. The van der Waals surface area contributed by atoms with E-state index in [2.05, 4.69) is 20.3 Å². The molecular weight excluding hydrogens is 546 g/mol. The molecule has 5 heterocycles. The van der Waals surface area contributed by atoms with Gasteiger partial charge in [0.25, 0.3) is 5.91 Å². The Labute approximate surface area is 248 Å². The van der Waals surface area contributed by atoms with Crippen molar-refractivity contribution in [2.24, 2.45) is 0 Å². The van der Waals surface area contributed by atoms with E-state index >= 15 is 0 Å². The van der Waals surface area contributed by atoms with Crippen LogP contribution in [0.1, 0.15) is 65.7 Å². The molecule has 7 rings (SSSR count). The third kappa shape index (κ3) is 5.30. The third-order valence-electron chi connectivity index (χ3n) is 8.93. The Kier molecular flexibility index (Phi) is 7.20. The Morgan fingerprint density at radius 1 is 0.953 bits per heavy atom. The van der Waals surface area contributed by atoms with Crippen LogP contribution < -0.4 is 5.32 Å². The second-order valence-corrected chi connectivity index (χ2v) is 11.6. The molecule has 0 saturated carbocycles. The Balaban J connectivity index is 0.918. The average molecular weight is 580 g/mol. The molecule has 220 valence electrons. The van der Waals surface area contributed by atoms with Crippen molar-refractivity contribution in [1.29, 1.82) is 0 Å². The van der Waals surface area contributed by atoms with Gasteiger partial charge in [0.2, 0.25) is 11.8 Å². The molecule has 2 aromatic carbocycles. The van der Waals surface area contributed by atoms with Gasteiger partial charge in [-0.05, 0) is 75.0 Å². The van der Waals surface area contributed by atoms with Gasteiger partial charge in [-0.15, -0.1) is 0 Å². The van der Waals surface area contributed by atoms with Gasteiger partial charge in [-0.3, -0.25) is 34.3 Å². The largest absolute Gasteiger partial charge is 0.369 e. The van der Waals surface area contributed by atoms with Crippen LogP contribution in [0.5, 0.6) is 0 Å². The van der Waals surface area contributed by atoms with Gasteiger partial charge in [-0.2, -0.15) is 5.10 Å². The maximum atomic E-state index is 13.1. The van der Waals surface area contributed by atoms with Gasteiger partial charge < -0.3 is 10.0 Å². The number of carbonyl (C=O) groups is 3. The number of carbonyl (C=O) groups excluding carboxylic acids is 3. The highest BCUT2D eigenvalue weighted by Gasteiger charge is 2.44. The van der Waals surface area contributed by atoms with Gasteiger partial charge in [-0.1, -0.05) is 24.3 Å². The topological polar surface area (TPSA) is 134 Å². The number of likely N-dealkylation sites (tertiary alicyclic amines) is 1. The summed E-state index contributed by atoms with van der Waals surface area (Å²) < 4.78 is 1.97. The first-order valence-electron chi connectivity index (χ1n) is 14.9. The number of rotatable bonds is 7. The van der Waals surface area contributed by atoms with E-state index in [1.54, 1.807) is 12.3 Å². The minimum absolute atomic E-state index is 0.149. The zero-order valence-corrected chi connectivity index (χ0v) is 23.7. The van der Waals surface area contributed by atoms with Crippen LogP contribution in [0, 0.1) is 0 Å². The predicted molar refractivity (Wildman–Crippen MR) is 158 cm³/mol. The lowest BCUT2D eigenvalue weighted by atomic mass is 9.87. The average Bonchev–Trinajstić information content (AvgIpc) is 3.59. The number of aliphatic hydroxyl groups excluding tert-OH is 1. The first-order valence-corrected chi connectivity index (χ1v) is 14.9. The number of benzene rings is 2. The number of piperidine rings is 2. The highest BCUT2D eigenvalue weighted by molar-refractivity contribution is 6.05. The molecule has 11 heteroatoms. The molecule has 2 unspecified atom stereocenters. The second-order valence-electron chi connectivity index (χ2n) is 11.6. The molecule has 43 heavy (non-hydrogen) atoms. The molecule has 11 nitrogen and oxygen atoms in total. The van der Waals surface area contributed by atoms with Crippen molar-refractivity contribution >= 4 is 28.8 Å². The van der Waals surface area contributed by atoms with Crippen LogP contribution in [0.4, 0.5) is 0 Å². The normalized spacial score (nSPS) is 21.4. The molecule has 0 spiro atoms. The molecule has 0 aliphatic carbocycles. The van der Waals surface area contributed by atoms with Crippen molar-refractivity contribution in [3.63, 3.8) is 0 Å². The Bertz CT molecular complexity index is 1710. The predicted octanol–water partition coefficient (Wildman–Crippen LogP) is 3.01. The van der Waals surface area contributed by atoms with Crippen molar-refractivity contribution < 1.29 is 19.5 Å². The fourth-order valence-corrected chi connectivity index (χ4v) is 6.56. The number of aryl methyl sites for hydroxylation is 1. The quantitative estimate of drug-likeness (QED) is 0.319. The standard InChI is InChI=1S/C32H33N7O4/c40-29-9-8-28(30(41)36-29)39-31(42)23-7-6-21(16-24(23)32(39)43)20-10-14-37(15-11-20)12-3-13-38-19-22(17-34-38)27-18-33-25-4-1-2-5-26(25)35-27/h1-2,4-7,16-20,28,32,43H,3,8-15H2,(H,36,40,41). The lowest BCUT2D eigenvalue weighted by Gasteiger charge is -2.32. The highest BCUT2D eigenvalue weighted by Crippen LogP contribution is 2.38. The zero-order chi connectivity index (χ0) is 29.5. The van der Waals surface area contributed by atoms with Crippen molar-refractivity contribution in [3.05, 3.63) is 77.7 Å². The summed E-state index contributed by atoms with van der Waals surface area (Å²) in [5.41, 5.74) is 5.60. The van der Waals surface area contributed by atoms with Crippen LogP contribution in [0.2, 0.25) is 0 Å². The number of imide groups is 1. The molecule has 2 aromatic heterocycles. The number of aromatic nitrogens is 4. The van der Waals surface area contributed by atoms with Gasteiger partial charge in [-0.25, -0.2) is 4.98 Å². The van der Waals surface area contributed by atoms with Crippen molar-refractivity contribution in [2.45, 2.75) is 56.8 Å². The SMILES string of the molecule is O=C1CCC(N2C(=O)c3ccc(C4CCN(CCCn5cc(-c6cnc7ccccc7n6)cn5)CC4)cc3C2O)C(=O)N1. The second kappa shape index (κ2) is 11.3. The molecule has 3 aliphatic heterocycles. The molecule has 0 bridgehead atoms. The summed E-state index contributed by atoms with van der Waals surface area (Å²) in [6, 6.07) is 12.7. The molecule has 2 fully saturated rings. The minimum Gasteiger partial charge on any atom is -0.369 e. The van der Waals surface area contributed by atoms with Gasteiger partial charge in [0, 0.05) is 35.9 Å². The van der Waals surface area contributed by atoms with Crippen LogP contribution in [0.15, 0.2) is 61.1 Å². The summed E-state index contributed by atoms with van der Waals surface area (Å²) in [5, 5.41) is 17.8. The molecule has 3 amide bonds. The van der Waals surface area contributed by atoms with Crippen molar-refractivity contribution in [1.82, 2.24) is 34.9 Å². The Hall–Kier alpha value is -4.48. The summed E-state index contributed by atoms with van der Waals surface area (Å²) in [7, 11) is 0. The van der Waals surface area contributed by atoms with E-state index in [1.807, 2.05) is 53.5 Å². The Morgan fingerprint density at radius 3 is 2.58 bits per heavy atom. The third-order valence-corrected chi connectivity index (χ3v) is 8.93. The molecule has 0 radical (unpaired) electrons. The molecule has 4 aromatic rings. The van der Waals surface area contributed by atoms with Crippen LogP contribution in [-0.2, 0) is 16.1 Å². The molecular formula is C32H33N7O4. The van der Waals surface area contributed by atoms with Crippen molar-refractivity contribution in [3.8, 4) is 11.3 Å². The lowest BCUT2D eigenvalue weighted by molar-refractivity contribution is -0.139. The van der Waals surface area contributed by atoms with Crippen LogP contribution >= 0.6 is 0 Å². The lowest BCUT2D eigenvalue weighted by Crippen LogP contribution is -2.53. The van der Waals surface area contributed by atoms with E-state index in [0.29, 0.717) is 17.0 Å². The molecule has 2 atom stereocenters. The first kappa shape index (κ1) is 27.4. The number of amides is 3. The number of hydrogen-bond donors (Lipinski definition) is 2. The van der Waals surface area contributed by atoms with Crippen LogP contribution in [-0.4, -0.2) is 78.1 Å². The van der Waals surface area contributed by atoms with E-state index < -0.39 is 18.2 Å². The van der Waals surface area contributed by atoms with E-state index in [0.717, 1.165) is 73.3 Å². The fraction of sp³-hybridized carbons (Fsp3) is 0.375. The summed E-state index contributed by atoms with van der Waals surface area (Å²) in [6.07, 6.45) is 7.81. The smallest absolute Gasteiger partial charge is 0.257 e. The maximum Gasteiger partial charge on any atom is 0.257 e. The van der Waals surface area contributed by atoms with E-state index in [4.69, 9.17) is 4.98 Å². The maximum absolute atomic E-state index is 13.1. The molecule has 2 saturated heterocycles. The fourth-order valence-electron chi connectivity index (χ4n) is 6.56. The number of fused-ring (bicyclic) bond motifs is 2. The number of para-hydroxylation sites is 2. The summed E-state index contributed by atoms with van der Waals surface area (Å²) in [5.74, 6) is -0.911. The van der Waals surface area contributed by atoms with Gasteiger partial charge in [0.15, 0.2) is 6.23 Å². The summed E-state index contributed by atoms with van der Waals surface area (Å²) in [4.78, 5) is 49.9. The van der Waals surface area contributed by atoms with E-state index in [1.165, 1.54) is 4.90 Å². The highest BCUT2D eigenvalue weighted by atomic mass is 16.3. The zero-order valence-electron chi connectivity index (χ0n) is 23.7. The van der Waals surface area contributed by atoms with E-state index in [-0.39, 0.29) is 24.7 Å². The molecule has 2 N–H and O–H groups in total. The minimum atomic E-state index is -1.19. The number of hydrogen-bond acceptors (Lipinski definition) is 8. The number of nitrogens with one attached hydrogen (secondary N) is 1. The van der Waals surface area contributed by atoms with Gasteiger partial charge >= 0.3 is 0 Å². The van der Waals surface area contributed by atoms with Gasteiger partial charge in [0.1, 0.15) is 6.04 Å². The van der Waals surface area contributed by atoms with Crippen LogP contribution in [0.25, 0.3) is 22.3 Å².